The van der Waals surface area contributed by atoms with Crippen molar-refractivity contribution in [3.63, 3.8) is 0 Å². The first-order chi connectivity index (χ1) is 14.4. The van der Waals surface area contributed by atoms with Crippen molar-refractivity contribution in [2.24, 2.45) is 4.99 Å². The molecule has 0 aliphatic rings. The van der Waals surface area contributed by atoms with E-state index >= 15 is 0 Å². The maximum absolute atomic E-state index is 12.9. The molecule has 0 atom stereocenters. The molecule has 7 nitrogen and oxygen atoms in total. The van der Waals surface area contributed by atoms with E-state index in [0.717, 1.165) is 0 Å². The smallest absolute Gasteiger partial charge is 0.357 e. The first kappa shape index (κ1) is 21.8. The van der Waals surface area contributed by atoms with Crippen LogP contribution in [-0.4, -0.2) is 33.7 Å². The lowest BCUT2D eigenvalue weighted by Crippen LogP contribution is -2.18. The molecule has 154 valence electrons. The van der Waals surface area contributed by atoms with Crippen LogP contribution in [0.1, 0.15) is 23.0 Å². The van der Waals surface area contributed by atoms with E-state index in [1.54, 1.807) is 49.4 Å². The van der Waals surface area contributed by atoms with Crippen LogP contribution in [0.3, 0.4) is 0 Å². The lowest BCUT2D eigenvalue weighted by atomic mass is 10.2. The summed E-state index contributed by atoms with van der Waals surface area (Å²) in [6.07, 6.45) is 1.21. The third kappa shape index (κ3) is 4.96. The lowest BCUT2D eigenvalue weighted by Gasteiger charge is -2.06. The Labute approximate surface area is 187 Å². The number of anilines is 1. The number of hydrogen-bond acceptors (Lipinski definition) is 4. The molecular weight excluding hydrogens is 447 g/mol. The number of thiocarbonyl (C=S) groups is 1. The second-order valence-electron chi connectivity index (χ2n) is 5.91. The van der Waals surface area contributed by atoms with Crippen LogP contribution < -0.4 is 10.9 Å². The number of carbonyl (C=O) groups is 1. The summed E-state index contributed by atoms with van der Waals surface area (Å²) in [5.74, 6) is -0.676. The van der Waals surface area contributed by atoms with Crippen molar-refractivity contribution in [2.45, 2.75) is 6.92 Å². The molecule has 0 unspecified atom stereocenters. The number of H-pyrrole nitrogens is 1. The maximum atomic E-state index is 12.9. The average molecular weight is 463 g/mol. The zero-order valence-electron chi connectivity index (χ0n) is 15.7. The Bertz CT molecular complexity index is 1170. The molecule has 3 aromatic rings. The Morgan fingerprint density at radius 1 is 1.27 bits per heavy atom. The fraction of sp³-hybridized carbons (Fsp3) is 0.100. The van der Waals surface area contributed by atoms with E-state index in [9.17, 15) is 9.59 Å². The number of ether oxygens (including phenoxy) is 1. The Kier molecular flexibility index (Phi) is 7.04. The number of esters is 1. The number of aliphatic imine (C=N–C) groups is 1. The van der Waals surface area contributed by atoms with Crippen molar-refractivity contribution >= 4 is 58.4 Å². The zero-order valence-corrected chi connectivity index (χ0v) is 18.0. The van der Waals surface area contributed by atoms with Gasteiger partial charge in [0.2, 0.25) is 0 Å². The van der Waals surface area contributed by atoms with Crippen molar-refractivity contribution in [1.82, 2.24) is 9.78 Å². The molecule has 3 rings (SSSR count). The SMILES string of the molecule is CCOC(=O)c1[nH]n(-c2ccccc2)c(=O)c1/C=N/C(=S)Nc1ccc(Cl)cc1Cl. The monoisotopic (exact) mass is 462 g/mol. The minimum atomic E-state index is -0.676. The van der Waals surface area contributed by atoms with Crippen molar-refractivity contribution in [3.05, 3.63) is 80.2 Å². The van der Waals surface area contributed by atoms with Crippen LogP contribution in [0.25, 0.3) is 5.69 Å². The Morgan fingerprint density at radius 2 is 2.00 bits per heavy atom. The van der Waals surface area contributed by atoms with Gasteiger partial charge >= 0.3 is 5.97 Å². The molecule has 0 aliphatic heterocycles. The summed E-state index contributed by atoms with van der Waals surface area (Å²) in [5.41, 5.74) is 0.580. The largest absolute Gasteiger partial charge is 0.461 e. The molecule has 0 amide bonds. The minimum Gasteiger partial charge on any atom is -0.461 e. The predicted molar refractivity (Wildman–Crippen MR) is 123 cm³/mol. The third-order valence-electron chi connectivity index (χ3n) is 3.90. The van der Waals surface area contributed by atoms with Gasteiger partial charge in [-0.1, -0.05) is 41.4 Å². The van der Waals surface area contributed by atoms with Crippen LogP contribution in [0.5, 0.6) is 0 Å². The predicted octanol–water partition coefficient (Wildman–Crippen LogP) is 4.47. The Hall–Kier alpha value is -2.94. The molecule has 1 aromatic heterocycles. The first-order valence-electron chi connectivity index (χ1n) is 8.78. The van der Waals surface area contributed by atoms with Gasteiger partial charge in [-0.05, 0) is 49.5 Å². The standard InChI is InChI=1S/C20H16Cl2N4O3S/c1-2-29-19(28)17-14(18(27)26(25-17)13-6-4-3-5-7-13)11-23-20(30)24-16-9-8-12(21)10-15(16)22/h3-11,25H,2H2,1H3,(H,24,30)/b23-11+. The summed E-state index contributed by atoms with van der Waals surface area (Å²) in [6, 6.07) is 13.7. The van der Waals surface area contributed by atoms with Gasteiger partial charge in [-0.3, -0.25) is 9.89 Å². The number of nitrogens with one attached hydrogen (secondary N) is 2. The molecule has 30 heavy (non-hydrogen) atoms. The van der Waals surface area contributed by atoms with E-state index in [2.05, 4.69) is 15.4 Å². The van der Waals surface area contributed by atoms with E-state index in [-0.39, 0.29) is 23.0 Å². The van der Waals surface area contributed by atoms with Crippen LogP contribution in [0.2, 0.25) is 10.0 Å². The summed E-state index contributed by atoms with van der Waals surface area (Å²) in [5, 5.41) is 6.51. The molecule has 0 aliphatic carbocycles. The van der Waals surface area contributed by atoms with Gasteiger partial charge in [0.15, 0.2) is 10.8 Å². The van der Waals surface area contributed by atoms with E-state index in [0.29, 0.717) is 21.4 Å². The normalized spacial score (nSPS) is 10.9. The van der Waals surface area contributed by atoms with Crippen molar-refractivity contribution in [3.8, 4) is 5.69 Å². The van der Waals surface area contributed by atoms with Gasteiger partial charge < -0.3 is 10.1 Å². The highest BCUT2D eigenvalue weighted by Crippen LogP contribution is 2.25. The molecule has 2 aromatic carbocycles. The van der Waals surface area contributed by atoms with Crippen molar-refractivity contribution in [2.75, 3.05) is 11.9 Å². The molecule has 0 spiro atoms. The molecular formula is C20H16Cl2N4O3S. The number of nitrogens with zero attached hydrogens (tertiary/aromatic N) is 2. The van der Waals surface area contributed by atoms with Gasteiger partial charge in [-0.15, -0.1) is 0 Å². The first-order valence-corrected chi connectivity index (χ1v) is 9.94. The summed E-state index contributed by atoms with van der Waals surface area (Å²) in [4.78, 5) is 29.3. The second kappa shape index (κ2) is 9.71. The van der Waals surface area contributed by atoms with Crippen molar-refractivity contribution in [1.29, 1.82) is 0 Å². The van der Waals surface area contributed by atoms with Gasteiger partial charge in [0, 0.05) is 11.2 Å². The van der Waals surface area contributed by atoms with Crippen LogP contribution >= 0.6 is 35.4 Å². The number of halogens is 2. The van der Waals surface area contributed by atoms with Crippen LogP contribution in [-0.2, 0) is 4.74 Å². The fourth-order valence-corrected chi connectivity index (χ4v) is 3.17. The fourth-order valence-electron chi connectivity index (χ4n) is 2.55. The van der Waals surface area contributed by atoms with Gasteiger partial charge in [0.05, 0.1) is 28.6 Å². The van der Waals surface area contributed by atoms with Gasteiger partial charge in [0.1, 0.15) is 0 Å². The maximum Gasteiger partial charge on any atom is 0.357 e. The van der Waals surface area contributed by atoms with Crippen LogP contribution in [0.15, 0.2) is 58.3 Å². The number of aromatic nitrogens is 2. The topological polar surface area (TPSA) is 88.5 Å². The summed E-state index contributed by atoms with van der Waals surface area (Å²) in [7, 11) is 0. The second-order valence-corrected chi connectivity index (χ2v) is 7.14. The highest BCUT2D eigenvalue weighted by molar-refractivity contribution is 7.80. The number of hydrogen-bond donors (Lipinski definition) is 2. The number of para-hydroxylation sites is 1. The minimum absolute atomic E-state index is 0.0173. The van der Waals surface area contributed by atoms with Crippen LogP contribution in [0, 0.1) is 0 Å². The zero-order chi connectivity index (χ0) is 21.7. The van der Waals surface area contributed by atoms with Crippen LogP contribution in [0.4, 0.5) is 5.69 Å². The summed E-state index contributed by atoms with van der Waals surface area (Å²) >= 11 is 17.2. The van der Waals surface area contributed by atoms with E-state index in [1.807, 2.05) is 6.07 Å². The van der Waals surface area contributed by atoms with Crippen molar-refractivity contribution < 1.29 is 9.53 Å². The molecule has 0 saturated carbocycles. The summed E-state index contributed by atoms with van der Waals surface area (Å²) in [6.45, 7) is 1.83. The lowest BCUT2D eigenvalue weighted by molar-refractivity contribution is 0.0519. The number of carbonyl (C=O) groups excluding carboxylic acids is 1. The number of aromatic amines is 1. The number of rotatable bonds is 5. The van der Waals surface area contributed by atoms with Gasteiger partial charge in [-0.2, -0.15) is 0 Å². The quantitative estimate of drug-likeness (QED) is 0.331. The van der Waals surface area contributed by atoms with E-state index < -0.39 is 11.5 Å². The average Bonchev–Trinajstić information content (AvgIpc) is 3.06. The molecule has 0 fully saturated rings. The molecule has 0 saturated heterocycles. The molecule has 0 bridgehead atoms. The highest BCUT2D eigenvalue weighted by atomic mass is 35.5. The van der Waals surface area contributed by atoms with Gasteiger partial charge in [0.25, 0.3) is 5.56 Å². The third-order valence-corrected chi connectivity index (χ3v) is 4.66. The highest BCUT2D eigenvalue weighted by Gasteiger charge is 2.21. The Morgan fingerprint density at radius 3 is 2.67 bits per heavy atom. The molecule has 2 N–H and O–H groups in total. The Balaban J connectivity index is 1.93. The number of benzene rings is 2. The van der Waals surface area contributed by atoms with Gasteiger partial charge in [-0.25, -0.2) is 14.5 Å². The molecule has 10 heteroatoms. The molecule has 0 radical (unpaired) electrons. The van der Waals surface area contributed by atoms with E-state index in [4.69, 9.17) is 40.2 Å². The van der Waals surface area contributed by atoms with E-state index in [1.165, 1.54) is 10.9 Å². The summed E-state index contributed by atoms with van der Waals surface area (Å²) < 4.78 is 6.28. The molecule has 1 heterocycles.